The van der Waals surface area contributed by atoms with Gasteiger partial charge in [0.1, 0.15) is 0 Å². The minimum atomic E-state index is -3.19. The molecule has 1 fully saturated rings. The molecule has 8 heteroatoms. The van der Waals surface area contributed by atoms with Gasteiger partial charge in [-0.1, -0.05) is 54.1 Å². The zero-order valence-corrected chi connectivity index (χ0v) is 18.7. The first-order valence-corrected chi connectivity index (χ1v) is 12.6. The molecule has 156 valence electrons. The molecule has 1 unspecified atom stereocenters. The van der Waals surface area contributed by atoms with Crippen molar-refractivity contribution in [2.24, 2.45) is 0 Å². The number of thioether (sulfide) groups is 1. The van der Waals surface area contributed by atoms with Crippen molar-refractivity contribution in [2.45, 2.75) is 12.2 Å². The maximum absolute atomic E-state index is 12.8. The molecule has 1 saturated heterocycles. The van der Waals surface area contributed by atoms with Crippen LogP contribution in [0.2, 0.25) is 5.02 Å². The fourth-order valence-electron chi connectivity index (χ4n) is 3.29. The number of halogens is 1. The second kappa shape index (κ2) is 9.98. The largest absolute Gasteiger partial charge is 0.339 e. The lowest BCUT2D eigenvalue weighted by Crippen LogP contribution is -2.51. The highest BCUT2D eigenvalue weighted by atomic mass is 35.5. The van der Waals surface area contributed by atoms with Crippen molar-refractivity contribution >= 4 is 39.3 Å². The number of nitrogens with zero attached hydrogens (tertiary/aromatic N) is 2. The molecule has 0 spiro atoms. The first-order chi connectivity index (χ1) is 13.9. The SMILES string of the molecule is CCS(=O)(=O)N1CCN(C(=O)CSC(c2ccccc2)c2ccc(Cl)cc2)CC1. The number of hydrogen-bond donors (Lipinski definition) is 0. The summed E-state index contributed by atoms with van der Waals surface area (Å²) in [7, 11) is -3.19. The van der Waals surface area contributed by atoms with Crippen LogP contribution in [0.3, 0.4) is 0 Å². The zero-order chi connectivity index (χ0) is 20.9. The first kappa shape index (κ1) is 22.2. The Kier molecular flexibility index (Phi) is 7.62. The van der Waals surface area contributed by atoms with Gasteiger partial charge >= 0.3 is 0 Å². The summed E-state index contributed by atoms with van der Waals surface area (Å²) >= 11 is 7.61. The number of rotatable bonds is 7. The molecule has 5 nitrogen and oxygen atoms in total. The maximum Gasteiger partial charge on any atom is 0.232 e. The number of carbonyl (C=O) groups excluding carboxylic acids is 1. The molecule has 1 amide bonds. The molecule has 1 aliphatic rings. The number of carbonyl (C=O) groups is 1. The molecule has 1 atom stereocenters. The topological polar surface area (TPSA) is 57.7 Å². The van der Waals surface area contributed by atoms with Crippen LogP contribution >= 0.6 is 23.4 Å². The molecular weight excluding hydrogens is 428 g/mol. The normalized spacial score (nSPS) is 16.6. The van der Waals surface area contributed by atoms with E-state index in [0.29, 0.717) is 37.0 Å². The average Bonchev–Trinajstić information content (AvgIpc) is 2.76. The molecule has 0 aliphatic carbocycles. The van der Waals surface area contributed by atoms with Gasteiger partial charge in [-0.25, -0.2) is 8.42 Å². The third kappa shape index (κ3) is 5.75. The van der Waals surface area contributed by atoms with Crippen LogP contribution < -0.4 is 0 Å². The summed E-state index contributed by atoms with van der Waals surface area (Å²) in [6, 6.07) is 17.8. The number of amides is 1. The van der Waals surface area contributed by atoms with Crippen LogP contribution in [-0.4, -0.2) is 61.2 Å². The van der Waals surface area contributed by atoms with Crippen LogP contribution in [0.4, 0.5) is 0 Å². The predicted octanol–water partition coefficient (Wildman–Crippen LogP) is 3.66. The number of piperazine rings is 1. The van der Waals surface area contributed by atoms with Crippen molar-refractivity contribution in [1.82, 2.24) is 9.21 Å². The van der Waals surface area contributed by atoms with E-state index >= 15 is 0 Å². The van der Waals surface area contributed by atoms with Crippen molar-refractivity contribution in [3.8, 4) is 0 Å². The fourth-order valence-corrected chi connectivity index (χ4v) is 5.70. The Morgan fingerprint density at radius 2 is 1.59 bits per heavy atom. The molecule has 3 rings (SSSR count). The van der Waals surface area contributed by atoms with Crippen molar-refractivity contribution in [3.05, 3.63) is 70.7 Å². The molecule has 0 bridgehead atoms. The second-order valence-electron chi connectivity index (χ2n) is 6.83. The molecule has 0 saturated carbocycles. The zero-order valence-electron chi connectivity index (χ0n) is 16.3. The van der Waals surface area contributed by atoms with Crippen LogP contribution in [0.1, 0.15) is 23.3 Å². The summed E-state index contributed by atoms with van der Waals surface area (Å²) in [6.45, 7) is 3.26. The molecule has 2 aromatic rings. The Labute approximate surface area is 182 Å². The predicted molar refractivity (Wildman–Crippen MR) is 120 cm³/mol. The minimum absolute atomic E-state index is 0.0270. The fraction of sp³-hybridized carbons (Fsp3) is 0.381. The van der Waals surface area contributed by atoms with E-state index in [1.165, 1.54) is 4.31 Å². The molecule has 1 aliphatic heterocycles. The van der Waals surface area contributed by atoms with Gasteiger partial charge in [-0.15, -0.1) is 11.8 Å². The van der Waals surface area contributed by atoms with Gasteiger partial charge in [0.25, 0.3) is 0 Å². The van der Waals surface area contributed by atoms with Crippen LogP contribution in [-0.2, 0) is 14.8 Å². The number of sulfonamides is 1. The van der Waals surface area contributed by atoms with Crippen molar-refractivity contribution in [3.63, 3.8) is 0 Å². The van der Waals surface area contributed by atoms with E-state index in [0.717, 1.165) is 11.1 Å². The van der Waals surface area contributed by atoms with E-state index in [9.17, 15) is 13.2 Å². The van der Waals surface area contributed by atoms with E-state index in [4.69, 9.17) is 11.6 Å². The van der Waals surface area contributed by atoms with Crippen molar-refractivity contribution < 1.29 is 13.2 Å². The summed E-state index contributed by atoms with van der Waals surface area (Å²) in [4.78, 5) is 14.5. The lowest BCUT2D eigenvalue weighted by molar-refractivity contribution is -0.129. The Bertz CT molecular complexity index is 913. The third-order valence-corrected chi connectivity index (χ3v) is 8.42. The van der Waals surface area contributed by atoms with Gasteiger partial charge in [0.15, 0.2) is 0 Å². The van der Waals surface area contributed by atoms with E-state index in [1.54, 1.807) is 23.6 Å². The lowest BCUT2D eigenvalue weighted by Gasteiger charge is -2.34. The Balaban J connectivity index is 1.64. The quantitative estimate of drug-likeness (QED) is 0.643. The van der Waals surface area contributed by atoms with Gasteiger partial charge in [0.2, 0.25) is 15.9 Å². The van der Waals surface area contributed by atoms with Crippen molar-refractivity contribution in [2.75, 3.05) is 37.7 Å². The standard InChI is InChI=1S/C21H25ClN2O3S2/c1-2-29(26,27)24-14-12-23(13-15-24)20(25)16-28-21(17-6-4-3-5-7-17)18-8-10-19(22)11-9-18/h3-11,21H,2,12-16H2,1H3. The highest BCUT2D eigenvalue weighted by Crippen LogP contribution is 2.36. The third-order valence-electron chi connectivity index (χ3n) is 5.00. The Hall–Kier alpha value is -1.54. The molecule has 0 aromatic heterocycles. The first-order valence-electron chi connectivity index (χ1n) is 9.58. The molecule has 1 heterocycles. The highest BCUT2D eigenvalue weighted by Gasteiger charge is 2.28. The van der Waals surface area contributed by atoms with E-state index < -0.39 is 10.0 Å². The minimum Gasteiger partial charge on any atom is -0.339 e. The summed E-state index contributed by atoms with van der Waals surface area (Å²) in [6.07, 6.45) is 0. The molecule has 0 N–H and O–H groups in total. The smallest absolute Gasteiger partial charge is 0.232 e. The van der Waals surface area contributed by atoms with Crippen LogP contribution in [0, 0.1) is 0 Å². The van der Waals surface area contributed by atoms with Crippen LogP contribution in [0.15, 0.2) is 54.6 Å². The van der Waals surface area contributed by atoms with E-state index in [2.05, 4.69) is 12.1 Å². The lowest BCUT2D eigenvalue weighted by atomic mass is 10.0. The highest BCUT2D eigenvalue weighted by molar-refractivity contribution is 8.00. The van der Waals surface area contributed by atoms with E-state index in [-0.39, 0.29) is 16.9 Å². The second-order valence-corrected chi connectivity index (χ2v) is 10.6. The van der Waals surface area contributed by atoms with Gasteiger partial charge in [0, 0.05) is 31.2 Å². The van der Waals surface area contributed by atoms with Crippen LogP contribution in [0.25, 0.3) is 0 Å². The average molecular weight is 453 g/mol. The number of benzene rings is 2. The summed E-state index contributed by atoms with van der Waals surface area (Å²) in [5.41, 5.74) is 2.23. The summed E-state index contributed by atoms with van der Waals surface area (Å²) in [5, 5.41) is 0.709. The Morgan fingerprint density at radius 3 is 2.17 bits per heavy atom. The van der Waals surface area contributed by atoms with Gasteiger partial charge in [-0.3, -0.25) is 4.79 Å². The monoisotopic (exact) mass is 452 g/mol. The maximum atomic E-state index is 12.8. The van der Waals surface area contributed by atoms with E-state index in [1.807, 2.05) is 42.5 Å². The number of hydrogen-bond acceptors (Lipinski definition) is 4. The molecule has 29 heavy (non-hydrogen) atoms. The molecular formula is C21H25ClN2O3S2. The molecule has 2 aromatic carbocycles. The van der Waals surface area contributed by atoms with Crippen molar-refractivity contribution in [1.29, 1.82) is 0 Å². The van der Waals surface area contributed by atoms with Gasteiger partial charge < -0.3 is 4.90 Å². The summed E-state index contributed by atoms with van der Waals surface area (Å²) in [5.74, 6) is 0.470. The van der Waals surface area contributed by atoms with Gasteiger partial charge in [-0.2, -0.15) is 4.31 Å². The van der Waals surface area contributed by atoms with Gasteiger partial charge in [-0.05, 0) is 30.2 Å². The van der Waals surface area contributed by atoms with Crippen LogP contribution in [0.5, 0.6) is 0 Å². The summed E-state index contributed by atoms with van der Waals surface area (Å²) < 4.78 is 25.5. The Morgan fingerprint density at radius 1 is 1.00 bits per heavy atom. The van der Waals surface area contributed by atoms with Gasteiger partial charge in [0.05, 0.1) is 16.8 Å². The molecule has 0 radical (unpaired) electrons.